The second-order valence-electron chi connectivity index (χ2n) is 6.05. The van der Waals surface area contributed by atoms with Crippen molar-refractivity contribution in [3.63, 3.8) is 0 Å². The van der Waals surface area contributed by atoms with Crippen LogP contribution in [0.1, 0.15) is 32.2 Å². The fourth-order valence-corrected chi connectivity index (χ4v) is 3.33. The smallest absolute Gasteiger partial charge is 0.266 e. The molecule has 0 aliphatic heterocycles. The maximum Gasteiger partial charge on any atom is 0.266 e. The van der Waals surface area contributed by atoms with Crippen LogP contribution in [-0.4, -0.2) is 34.4 Å². The van der Waals surface area contributed by atoms with E-state index in [1.165, 1.54) is 0 Å². The molecular weight excluding hydrogens is 304 g/mol. The number of H-pyrrole nitrogens is 1. The third-order valence-corrected chi connectivity index (χ3v) is 4.35. The number of nitrogens with one attached hydrogen (secondary N) is 3. The number of hydrogen-bond acceptors (Lipinski definition) is 6. The third-order valence-electron chi connectivity index (χ3n) is 2.74. The molecule has 0 amide bonds. The molecule has 0 aliphatic rings. The molecule has 2 rings (SSSR count). The molecule has 3 N–H and O–H groups in total. The topological polar surface area (TPSA) is 113 Å². The number of aromatic amines is 1. The maximum absolute atomic E-state index is 12.4. The minimum Gasteiger partial charge on any atom is -0.364 e. The Morgan fingerprint density at radius 1 is 1.09 bits per heavy atom. The van der Waals surface area contributed by atoms with Gasteiger partial charge in [-0.05, 0) is 46.8 Å². The van der Waals surface area contributed by atoms with Crippen molar-refractivity contribution in [3.05, 3.63) is 23.5 Å². The summed E-state index contributed by atoms with van der Waals surface area (Å²) in [7, 11) is -3.75. The lowest BCUT2D eigenvalue weighted by Crippen LogP contribution is -2.27. The first-order valence-corrected chi connectivity index (χ1v) is 8.23. The van der Waals surface area contributed by atoms with Gasteiger partial charge in [0.1, 0.15) is 10.7 Å². The highest BCUT2D eigenvalue weighted by Crippen LogP contribution is 2.20. The fourth-order valence-electron chi connectivity index (χ4n) is 1.96. The summed E-state index contributed by atoms with van der Waals surface area (Å²) in [6.07, 6.45) is 0. The van der Waals surface area contributed by atoms with E-state index in [1.54, 1.807) is 26.0 Å². The molecule has 2 aromatic heterocycles. The maximum atomic E-state index is 12.4. The van der Waals surface area contributed by atoms with Gasteiger partial charge in [0.25, 0.3) is 10.0 Å². The summed E-state index contributed by atoms with van der Waals surface area (Å²) in [5.41, 5.74) is 0.730. The van der Waals surface area contributed by atoms with E-state index in [0.29, 0.717) is 17.2 Å². The first-order chi connectivity index (χ1) is 10.1. The van der Waals surface area contributed by atoms with Crippen molar-refractivity contribution >= 4 is 21.7 Å². The lowest BCUT2D eigenvalue weighted by Gasteiger charge is -2.20. The highest BCUT2D eigenvalue weighted by Gasteiger charge is 2.23. The Hall–Kier alpha value is -2.16. The van der Waals surface area contributed by atoms with Gasteiger partial charge < -0.3 is 5.32 Å². The van der Waals surface area contributed by atoms with Gasteiger partial charge in [-0.15, -0.1) is 10.2 Å². The van der Waals surface area contributed by atoms with Gasteiger partial charge in [-0.2, -0.15) is 5.10 Å². The molecule has 0 fully saturated rings. The molecule has 0 saturated heterocycles. The minimum absolute atomic E-state index is 0.131. The predicted octanol–water partition coefficient (Wildman–Crippen LogP) is 1.83. The molecule has 120 valence electrons. The lowest BCUT2D eigenvalue weighted by atomic mass is 10.1. The zero-order chi connectivity index (χ0) is 16.5. The van der Waals surface area contributed by atoms with E-state index in [2.05, 4.69) is 30.4 Å². The molecule has 0 spiro atoms. The van der Waals surface area contributed by atoms with Crippen molar-refractivity contribution in [2.75, 3.05) is 10.0 Å². The van der Waals surface area contributed by atoms with Gasteiger partial charge in [0.15, 0.2) is 5.82 Å². The molecule has 0 aliphatic carbocycles. The molecule has 0 saturated carbocycles. The highest BCUT2D eigenvalue weighted by molar-refractivity contribution is 7.92. The van der Waals surface area contributed by atoms with E-state index in [4.69, 9.17) is 0 Å². The Balaban J connectivity index is 2.21. The van der Waals surface area contributed by atoms with E-state index in [0.717, 1.165) is 0 Å². The van der Waals surface area contributed by atoms with Crippen LogP contribution in [0, 0.1) is 13.8 Å². The van der Waals surface area contributed by atoms with Crippen LogP contribution in [0.3, 0.4) is 0 Å². The molecule has 0 atom stereocenters. The number of aryl methyl sites for hydroxylation is 2. The van der Waals surface area contributed by atoms with Crippen molar-refractivity contribution in [1.29, 1.82) is 0 Å². The molecule has 0 bridgehead atoms. The summed E-state index contributed by atoms with van der Waals surface area (Å²) in [5.74, 6) is 0.727. The predicted molar refractivity (Wildman–Crippen MR) is 84.3 cm³/mol. The fraction of sp³-hybridized carbons (Fsp3) is 0.462. The molecule has 0 radical (unpaired) electrons. The Labute approximate surface area is 129 Å². The monoisotopic (exact) mass is 324 g/mol. The van der Waals surface area contributed by atoms with E-state index < -0.39 is 10.0 Å². The molecule has 9 heteroatoms. The van der Waals surface area contributed by atoms with E-state index in [-0.39, 0.29) is 16.3 Å². The van der Waals surface area contributed by atoms with E-state index in [9.17, 15) is 8.42 Å². The summed E-state index contributed by atoms with van der Waals surface area (Å²) in [6.45, 7) is 9.26. The average molecular weight is 324 g/mol. The van der Waals surface area contributed by atoms with E-state index in [1.807, 2.05) is 20.8 Å². The summed E-state index contributed by atoms with van der Waals surface area (Å²) in [6, 6.07) is 3.23. The minimum atomic E-state index is -3.75. The van der Waals surface area contributed by atoms with Crippen LogP contribution in [0.5, 0.6) is 0 Å². The van der Waals surface area contributed by atoms with Crippen LogP contribution in [-0.2, 0) is 10.0 Å². The van der Waals surface area contributed by atoms with Crippen LogP contribution >= 0.6 is 0 Å². The van der Waals surface area contributed by atoms with Crippen LogP contribution in [0.15, 0.2) is 17.0 Å². The highest BCUT2D eigenvalue weighted by atomic mass is 32.2. The standard InChI is InChI=1S/C13H20N6O2S/c1-8-12(9(2)16-15-8)22(20,21)19-11-7-6-10(17-18-11)14-13(3,4)5/h6-7H,1-5H3,(H,14,17)(H,15,16)(H,18,19). The van der Waals surface area contributed by atoms with Gasteiger partial charge in [0, 0.05) is 5.54 Å². The second-order valence-corrected chi connectivity index (χ2v) is 7.67. The molecule has 8 nitrogen and oxygen atoms in total. The Bertz CT molecular complexity index is 739. The quantitative estimate of drug-likeness (QED) is 0.791. The number of rotatable bonds is 4. The van der Waals surface area contributed by atoms with Gasteiger partial charge in [0.05, 0.1) is 11.4 Å². The van der Waals surface area contributed by atoms with Crippen molar-refractivity contribution in [2.24, 2.45) is 0 Å². The largest absolute Gasteiger partial charge is 0.364 e. The summed E-state index contributed by atoms with van der Waals surface area (Å²) < 4.78 is 27.1. The Morgan fingerprint density at radius 2 is 1.68 bits per heavy atom. The normalized spacial score (nSPS) is 12.2. The van der Waals surface area contributed by atoms with Crippen molar-refractivity contribution in [1.82, 2.24) is 20.4 Å². The number of aromatic nitrogens is 4. The van der Waals surface area contributed by atoms with E-state index >= 15 is 0 Å². The molecule has 0 aromatic carbocycles. The van der Waals surface area contributed by atoms with Crippen LogP contribution < -0.4 is 10.0 Å². The third kappa shape index (κ3) is 3.73. The first-order valence-electron chi connectivity index (χ1n) is 6.75. The Kier molecular flexibility index (Phi) is 4.10. The van der Waals surface area contributed by atoms with Crippen LogP contribution in [0.4, 0.5) is 11.6 Å². The average Bonchev–Trinajstić information content (AvgIpc) is 2.70. The van der Waals surface area contributed by atoms with Crippen LogP contribution in [0.25, 0.3) is 0 Å². The first kappa shape index (κ1) is 16.2. The summed E-state index contributed by atoms with van der Waals surface area (Å²) >= 11 is 0. The van der Waals surface area contributed by atoms with Gasteiger partial charge in [-0.3, -0.25) is 9.82 Å². The molecule has 22 heavy (non-hydrogen) atoms. The summed E-state index contributed by atoms with van der Waals surface area (Å²) in [4.78, 5) is 0.131. The molecule has 2 heterocycles. The lowest BCUT2D eigenvalue weighted by molar-refractivity contribution is 0.599. The van der Waals surface area contributed by atoms with Gasteiger partial charge >= 0.3 is 0 Å². The molecule has 0 unspecified atom stereocenters. The zero-order valence-corrected chi connectivity index (χ0v) is 14.0. The second kappa shape index (κ2) is 5.56. The van der Waals surface area contributed by atoms with Crippen LogP contribution in [0.2, 0.25) is 0 Å². The summed E-state index contributed by atoms with van der Waals surface area (Å²) in [5, 5.41) is 17.5. The van der Waals surface area contributed by atoms with Gasteiger partial charge in [-0.25, -0.2) is 8.42 Å². The Morgan fingerprint density at radius 3 is 2.14 bits per heavy atom. The SMILES string of the molecule is Cc1n[nH]c(C)c1S(=O)(=O)Nc1ccc(NC(C)(C)C)nn1. The number of hydrogen-bond donors (Lipinski definition) is 3. The zero-order valence-electron chi connectivity index (χ0n) is 13.2. The number of sulfonamides is 1. The van der Waals surface area contributed by atoms with Gasteiger partial charge in [-0.1, -0.05) is 0 Å². The molecular formula is C13H20N6O2S. The van der Waals surface area contributed by atoms with Crippen molar-refractivity contribution < 1.29 is 8.42 Å². The van der Waals surface area contributed by atoms with Crippen molar-refractivity contribution in [2.45, 2.75) is 45.1 Å². The number of anilines is 2. The van der Waals surface area contributed by atoms with Gasteiger partial charge in [0.2, 0.25) is 0 Å². The van der Waals surface area contributed by atoms with Crippen molar-refractivity contribution in [3.8, 4) is 0 Å². The number of nitrogens with zero attached hydrogens (tertiary/aromatic N) is 3. The molecule has 2 aromatic rings.